The van der Waals surface area contributed by atoms with Gasteiger partial charge in [-0.05, 0) is 24.8 Å². The van der Waals surface area contributed by atoms with Crippen LogP contribution in [0.5, 0.6) is 0 Å². The van der Waals surface area contributed by atoms with Crippen molar-refractivity contribution in [1.82, 2.24) is 10.2 Å². The summed E-state index contributed by atoms with van der Waals surface area (Å²) >= 11 is 4.49. The average molecular weight is 353 g/mol. The van der Waals surface area contributed by atoms with E-state index in [4.69, 9.17) is 0 Å². The van der Waals surface area contributed by atoms with Gasteiger partial charge in [-0.25, -0.2) is 0 Å². The monoisotopic (exact) mass is 353 g/mol. The third kappa shape index (κ3) is 5.11. The maximum absolute atomic E-state index is 11.9. The molecule has 2 rings (SSSR count). The van der Waals surface area contributed by atoms with Crippen LogP contribution in [0.1, 0.15) is 24.2 Å². The molecule has 0 fully saturated rings. The Morgan fingerprint density at radius 1 is 1.23 bits per heavy atom. The molecule has 1 N–H and O–H groups in total. The molecule has 1 amide bonds. The van der Waals surface area contributed by atoms with E-state index in [9.17, 15) is 9.59 Å². The first kappa shape index (κ1) is 17.0. The van der Waals surface area contributed by atoms with E-state index in [2.05, 4.69) is 22.4 Å². The molecule has 22 heavy (non-hydrogen) atoms. The van der Waals surface area contributed by atoms with Crippen LogP contribution in [0, 0.1) is 0 Å². The molecule has 0 saturated heterocycles. The molecule has 0 aliphatic carbocycles. The van der Waals surface area contributed by atoms with Crippen molar-refractivity contribution in [2.75, 3.05) is 16.8 Å². The molecule has 0 spiro atoms. The van der Waals surface area contributed by atoms with Gasteiger partial charge in [-0.3, -0.25) is 9.59 Å². The topological polar surface area (TPSA) is 72.0 Å². The Labute approximate surface area is 141 Å². The van der Waals surface area contributed by atoms with Gasteiger partial charge >= 0.3 is 0 Å². The molecule has 1 aromatic carbocycles. The summed E-state index contributed by atoms with van der Waals surface area (Å²) in [5, 5.41) is 10.9. The standard InChI is InChI=1S/C14H15N3O2S3/c1-3-20-13-16-17-14(22-13)21-8-12(19)15-11-6-4-5-10(7-11)9(2)18/h4-7H,3,8H2,1-2H3,(H,15,19). The van der Waals surface area contributed by atoms with Gasteiger partial charge in [-0.15, -0.1) is 10.2 Å². The van der Waals surface area contributed by atoms with Crippen molar-refractivity contribution < 1.29 is 9.59 Å². The zero-order valence-corrected chi connectivity index (χ0v) is 14.6. The van der Waals surface area contributed by atoms with E-state index in [1.165, 1.54) is 30.0 Å². The predicted molar refractivity (Wildman–Crippen MR) is 92.1 cm³/mol. The number of amides is 1. The fourth-order valence-electron chi connectivity index (χ4n) is 1.58. The fraction of sp³-hybridized carbons (Fsp3) is 0.286. The molecular formula is C14H15N3O2S3. The lowest BCUT2D eigenvalue weighted by Crippen LogP contribution is -2.14. The van der Waals surface area contributed by atoms with Crippen molar-refractivity contribution in [3.05, 3.63) is 29.8 Å². The molecule has 0 radical (unpaired) electrons. The first-order chi connectivity index (χ1) is 10.6. The highest BCUT2D eigenvalue weighted by Crippen LogP contribution is 2.28. The normalized spacial score (nSPS) is 10.5. The second-order valence-electron chi connectivity index (χ2n) is 4.24. The van der Waals surface area contributed by atoms with Crippen LogP contribution in [-0.4, -0.2) is 33.4 Å². The predicted octanol–water partition coefficient (Wildman–Crippen LogP) is 3.58. The highest BCUT2D eigenvalue weighted by atomic mass is 32.2. The molecule has 0 atom stereocenters. The molecule has 0 unspecified atom stereocenters. The Morgan fingerprint density at radius 3 is 2.64 bits per heavy atom. The van der Waals surface area contributed by atoms with Gasteiger partial charge in [0.25, 0.3) is 0 Å². The molecule has 1 aromatic heterocycles. The minimum absolute atomic E-state index is 0.0275. The molecule has 0 saturated carbocycles. The number of carbonyl (C=O) groups is 2. The number of ketones is 1. The summed E-state index contributed by atoms with van der Waals surface area (Å²) in [5.41, 5.74) is 1.20. The van der Waals surface area contributed by atoms with E-state index in [0.717, 1.165) is 14.4 Å². The number of hydrogen-bond donors (Lipinski definition) is 1. The lowest BCUT2D eigenvalue weighted by atomic mass is 10.1. The molecule has 2 aromatic rings. The summed E-state index contributed by atoms with van der Waals surface area (Å²) in [6.45, 7) is 3.56. The Balaban J connectivity index is 1.87. The Hall–Kier alpha value is -1.38. The van der Waals surface area contributed by atoms with E-state index in [1.54, 1.807) is 36.0 Å². The van der Waals surface area contributed by atoms with Crippen LogP contribution in [-0.2, 0) is 4.79 Å². The van der Waals surface area contributed by atoms with Crippen LogP contribution >= 0.6 is 34.9 Å². The first-order valence-electron chi connectivity index (χ1n) is 6.58. The van der Waals surface area contributed by atoms with Crippen molar-refractivity contribution >= 4 is 52.2 Å². The second-order valence-corrected chi connectivity index (χ2v) is 7.95. The summed E-state index contributed by atoms with van der Waals surface area (Å²) < 4.78 is 1.70. The molecule has 0 aliphatic rings. The number of rotatable bonds is 7. The molecular weight excluding hydrogens is 338 g/mol. The van der Waals surface area contributed by atoms with Gasteiger partial charge in [-0.1, -0.05) is 53.9 Å². The summed E-state index contributed by atoms with van der Waals surface area (Å²) in [4.78, 5) is 23.3. The highest BCUT2D eigenvalue weighted by Gasteiger charge is 2.09. The van der Waals surface area contributed by atoms with Crippen molar-refractivity contribution in [1.29, 1.82) is 0 Å². The van der Waals surface area contributed by atoms with Crippen molar-refractivity contribution in [2.24, 2.45) is 0 Å². The Bertz CT molecular complexity index is 673. The summed E-state index contributed by atoms with van der Waals surface area (Å²) in [6.07, 6.45) is 0. The van der Waals surface area contributed by atoms with Gasteiger partial charge in [-0.2, -0.15) is 0 Å². The maximum Gasteiger partial charge on any atom is 0.234 e. The van der Waals surface area contributed by atoms with Crippen LogP contribution in [0.4, 0.5) is 5.69 Å². The zero-order chi connectivity index (χ0) is 15.9. The van der Waals surface area contributed by atoms with E-state index < -0.39 is 0 Å². The minimum Gasteiger partial charge on any atom is -0.325 e. The first-order valence-corrected chi connectivity index (χ1v) is 9.37. The average Bonchev–Trinajstić information content (AvgIpc) is 2.93. The lowest BCUT2D eigenvalue weighted by molar-refractivity contribution is -0.113. The van der Waals surface area contributed by atoms with Crippen LogP contribution in [0.15, 0.2) is 32.9 Å². The van der Waals surface area contributed by atoms with E-state index in [-0.39, 0.29) is 17.4 Å². The largest absolute Gasteiger partial charge is 0.325 e. The minimum atomic E-state index is -0.134. The van der Waals surface area contributed by atoms with Gasteiger partial charge in [0.15, 0.2) is 14.5 Å². The van der Waals surface area contributed by atoms with Crippen molar-refractivity contribution in [2.45, 2.75) is 22.5 Å². The smallest absolute Gasteiger partial charge is 0.234 e. The Kier molecular flexibility index (Phi) is 6.41. The number of anilines is 1. The number of benzene rings is 1. The SMILES string of the molecule is CCSc1nnc(SCC(=O)Nc2cccc(C(C)=O)c2)s1. The number of Topliss-reactive ketones (excluding diaryl/α,β-unsaturated/α-hetero) is 1. The molecule has 8 heteroatoms. The molecule has 116 valence electrons. The van der Waals surface area contributed by atoms with Crippen molar-refractivity contribution in [3.8, 4) is 0 Å². The van der Waals surface area contributed by atoms with Gasteiger partial charge in [0.1, 0.15) is 0 Å². The number of nitrogens with one attached hydrogen (secondary N) is 1. The maximum atomic E-state index is 11.9. The third-order valence-corrected chi connectivity index (χ3v) is 5.61. The number of nitrogens with zero attached hydrogens (tertiary/aromatic N) is 2. The van der Waals surface area contributed by atoms with Crippen LogP contribution in [0.2, 0.25) is 0 Å². The van der Waals surface area contributed by atoms with Crippen LogP contribution in [0.25, 0.3) is 0 Å². The molecule has 5 nitrogen and oxygen atoms in total. The van der Waals surface area contributed by atoms with Gasteiger partial charge in [0.2, 0.25) is 5.91 Å². The second kappa shape index (κ2) is 8.30. The van der Waals surface area contributed by atoms with Gasteiger partial charge < -0.3 is 5.32 Å². The fourth-order valence-corrected chi connectivity index (χ4v) is 4.29. The van der Waals surface area contributed by atoms with Gasteiger partial charge in [0, 0.05) is 11.3 Å². The number of hydrogen-bond acceptors (Lipinski definition) is 7. The number of carbonyl (C=O) groups excluding carboxylic acids is 2. The molecule has 0 bridgehead atoms. The third-order valence-electron chi connectivity index (χ3n) is 2.54. The van der Waals surface area contributed by atoms with E-state index in [0.29, 0.717) is 11.3 Å². The highest BCUT2D eigenvalue weighted by molar-refractivity contribution is 8.03. The molecule has 1 heterocycles. The quantitative estimate of drug-likeness (QED) is 0.606. The lowest BCUT2D eigenvalue weighted by Gasteiger charge is -2.05. The van der Waals surface area contributed by atoms with Crippen molar-refractivity contribution in [3.63, 3.8) is 0 Å². The zero-order valence-electron chi connectivity index (χ0n) is 12.2. The summed E-state index contributed by atoms with van der Waals surface area (Å²) in [5.74, 6) is 1.05. The van der Waals surface area contributed by atoms with Gasteiger partial charge in [0.05, 0.1) is 5.75 Å². The Morgan fingerprint density at radius 2 is 1.95 bits per heavy atom. The number of aromatic nitrogens is 2. The summed E-state index contributed by atoms with van der Waals surface area (Å²) in [6, 6.07) is 6.90. The molecule has 0 aliphatic heterocycles. The van der Waals surface area contributed by atoms with E-state index >= 15 is 0 Å². The number of thioether (sulfide) groups is 2. The van der Waals surface area contributed by atoms with Crippen LogP contribution < -0.4 is 5.32 Å². The van der Waals surface area contributed by atoms with E-state index in [1.807, 2.05) is 0 Å². The summed E-state index contributed by atoms with van der Waals surface area (Å²) in [7, 11) is 0. The van der Waals surface area contributed by atoms with Crippen LogP contribution in [0.3, 0.4) is 0 Å².